The molecule has 0 spiro atoms. The lowest BCUT2D eigenvalue weighted by Gasteiger charge is -2.38. The standard InChI is InChI=1S/C29H32ClNO5/c1-18-13-24(30)28(25(34)14-18)29-23-17-27(36-12-9-20-5-4-6-22(33)15-20)26(35-3)16-21(23)8-11-31(29)10-7-19(2)32/h4-6,13-17,29,33-34H,7-12H2,1-3H3. The van der Waals surface area contributed by atoms with Crippen molar-refractivity contribution in [1.29, 1.82) is 0 Å². The van der Waals surface area contributed by atoms with Crippen molar-refractivity contribution < 1.29 is 24.5 Å². The van der Waals surface area contributed by atoms with Crippen LogP contribution in [0, 0.1) is 6.92 Å². The van der Waals surface area contributed by atoms with E-state index in [1.807, 2.05) is 37.3 Å². The molecule has 1 aliphatic rings. The summed E-state index contributed by atoms with van der Waals surface area (Å²) in [4.78, 5) is 14.0. The number of phenols is 2. The molecule has 36 heavy (non-hydrogen) atoms. The van der Waals surface area contributed by atoms with E-state index in [4.69, 9.17) is 21.1 Å². The Bertz CT molecular complexity index is 1240. The summed E-state index contributed by atoms with van der Waals surface area (Å²) in [6, 6.07) is 14.3. The maximum Gasteiger partial charge on any atom is 0.161 e. The number of Topliss-reactive ketones (excluding diaryl/α,β-unsaturated/α-hetero) is 1. The Labute approximate surface area is 217 Å². The van der Waals surface area contributed by atoms with Crippen molar-refractivity contribution in [3.63, 3.8) is 0 Å². The molecule has 0 aliphatic carbocycles. The smallest absolute Gasteiger partial charge is 0.161 e. The number of hydrogen-bond acceptors (Lipinski definition) is 6. The van der Waals surface area contributed by atoms with Crippen molar-refractivity contribution in [2.45, 2.75) is 39.2 Å². The Morgan fingerprint density at radius 2 is 1.94 bits per heavy atom. The zero-order valence-electron chi connectivity index (χ0n) is 20.9. The van der Waals surface area contributed by atoms with Crippen LogP contribution < -0.4 is 9.47 Å². The molecule has 0 bridgehead atoms. The lowest BCUT2D eigenvalue weighted by molar-refractivity contribution is -0.117. The normalized spacial score (nSPS) is 15.4. The van der Waals surface area contributed by atoms with Gasteiger partial charge in [-0.25, -0.2) is 0 Å². The third-order valence-corrected chi connectivity index (χ3v) is 6.90. The fourth-order valence-corrected chi connectivity index (χ4v) is 5.20. The van der Waals surface area contributed by atoms with Crippen LogP contribution in [0.1, 0.15) is 47.2 Å². The molecule has 0 amide bonds. The number of halogens is 1. The number of benzene rings is 3. The van der Waals surface area contributed by atoms with Gasteiger partial charge in [-0.2, -0.15) is 0 Å². The molecule has 0 aromatic heterocycles. The minimum atomic E-state index is -0.333. The molecule has 190 valence electrons. The summed E-state index contributed by atoms with van der Waals surface area (Å²) >= 11 is 6.70. The van der Waals surface area contributed by atoms with Gasteiger partial charge in [0.25, 0.3) is 0 Å². The number of carbonyl (C=O) groups is 1. The predicted octanol–water partition coefficient (Wildman–Crippen LogP) is 5.62. The second kappa shape index (κ2) is 11.2. The Hall–Kier alpha value is -3.22. The highest BCUT2D eigenvalue weighted by Crippen LogP contribution is 2.46. The number of methoxy groups -OCH3 is 1. The zero-order valence-corrected chi connectivity index (χ0v) is 21.6. The van der Waals surface area contributed by atoms with E-state index in [9.17, 15) is 15.0 Å². The van der Waals surface area contributed by atoms with E-state index in [-0.39, 0.29) is 23.3 Å². The largest absolute Gasteiger partial charge is 0.508 e. The molecule has 0 fully saturated rings. The molecule has 0 saturated heterocycles. The summed E-state index contributed by atoms with van der Waals surface area (Å²) < 4.78 is 11.8. The molecule has 0 radical (unpaired) electrons. The minimum absolute atomic E-state index is 0.115. The van der Waals surface area contributed by atoms with Crippen molar-refractivity contribution >= 4 is 17.4 Å². The Balaban J connectivity index is 1.71. The monoisotopic (exact) mass is 509 g/mol. The number of hydrogen-bond donors (Lipinski definition) is 2. The van der Waals surface area contributed by atoms with Crippen LogP contribution in [0.25, 0.3) is 0 Å². The van der Waals surface area contributed by atoms with Crippen molar-refractivity contribution in [3.8, 4) is 23.0 Å². The SMILES string of the molecule is COc1cc2c(cc1OCCc1cccc(O)c1)C(c1c(O)cc(C)cc1Cl)N(CCC(C)=O)CC2. The highest BCUT2D eigenvalue weighted by molar-refractivity contribution is 6.31. The quantitative estimate of drug-likeness (QED) is 0.390. The summed E-state index contributed by atoms with van der Waals surface area (Å²) in [5.41, 5.74) is 4.53. The Morgan fingerprint density at radius 3 is 2.64 bits per heavy atom. The van der Waals surface area contributed by atoms with Crippen LogP contribution in [0.2, 0.25) is 5.02 Å². The molecule has 6 nitrogen and oxygen atoms in total. The maximum atomic E-state index is 11.8. The van der Waals surface area contributed by atoms with Crippen molar-refractivity contribution in [1.82, 2.24) is 4.90 Å². The Kier molecular flexibility index (Phi) is 8.07. The van der Waals surface area contributed by atoms with E-state index in [0.717, 1.165) is 35.2 Å². The lowest BCUT2D eigenvalue weighted by atomic mass is 9.86. The summed E-state index contributed by atoms with van der Waals surface area (Å²) in [6.45, 7) is 5.15. The van der Waals surface area contributed by atoms with Gasteiger partial charge in [-0.3, -0.25) is 9.69 Å². The van der Waals surface area contributed by atoms with Gasteiger partial charge < -0.3 is 19.7 Å². The molecule has 4 rings (SSSR count). The number of carbonyl (C=O) groups excluding carboxylic acids is 1. The first-order valence-electron chi connectivity index (χ1n) is 12.1. The molecule has 1 heterocycles. The van der Waals surface area contributed by atoms with Gasteiger partial charge in [0, 0.05) is 36.5 Å². The van der Waals surface area contributed by atoms with Crippen LogP contribution in [0.15, 0.2) is 48.5 Å². The minimum Gasteiger partial charge on any atom is -0.508 e. The van der Waals surface area contributed by atoms with Crippen LogP contribution in [0.3, 0.4) is 0 Å². The fraction of sp³-hybridized carbons (Fsp3) is 0.345. The van der Waals surface area contributed by atoms with E-state index in [2.05, 4.69) is 4.90 Å². The number of nitrogens with zero attached hydrogens (tertiary/aromatic N) is 1. The summed E-state index contributed by atoms with van der Waals surface area (Å²) in [5, 5.41) is 21.2. The predicted molar refractivity (Wildman–Crippen MR) is 141 cm³/mol. The number of ketones is 1. The number of rotatable bonds is 9. The first-order valence-corrected chi connectivity index (χ1v) is 12.5. The van der Waals surface area contributed by atoms with Gasteiger partial charge in [-0.05, 0) is 78.9 Å². The van der Waals surface area contributed by atoms with Gasteiger partial charge in [0.1, 0.15) is 17.3 Å². The van der Waals surface area contributed by atoms with E-state index < -0.39 is 0 Å². The van der Waals surface area contributed by atoms with E-state index >= 15 is 0 Å². The average Bonchev–Trinajstić information content (AvgIpc) is 2.82. The van der Waals surface area contributed by atoms with Gasteiger partial charge in [0.05, 0.1) is 19.8 Å². The molecule has 7 heteroatoms. The first-order chi connectivity index (χ1) is 17.3. The van der Waals surface area contributed by atoms with Gasteiger partial charge in [-0.15, -0.1) is 0 Å². The number of ether oxygens (including phenoxy) is 2. The van der Waals surface area contributed by atoms with E-state index in [1.54, 1.807) is 32.2 Å². The summed E-state index contributed by atoms with van der Waals surface area (Å²) in [5.74, 6) is 1.71. The van der Waals surface area contributed by atoms with E-state index in [1.165, 1.54) is 0 Å². The average molecular weight is 510 g/mol. The van der Waals surface area contributed by atoms with Gasteiger partial charge >= 0.3 is 0 Å². The second-order valence-corrected chi connectivity index (χ2v) is 9.70. The fourth-order valence-electron chi connectivity index (χ4n) is 4.83. The van der Waals surface area contributed by atoms with Gasteiger partial charge in [0.15, 0.2) is 11.5 Å². The van der Waals surface area contributed by atoms with Crippen LogP contribution in [-0.2, 0) is 17.6 Å². The number of aryl methyl sites for hydroxylation is 1. The molecular formula is C29H32ClNO5. The third kappa shape index (κ3) is 5.77. The molecule has 2 N–H and O–H groups in total. The topological polar surface area (TPSA) is 79.2 Å². The highest BCUT2D eigenvalue weighted by atomic mass is 35.5. The van der Waals surface area contributed by atoms with Gasteiger partial charge in [-0.1, -0.05) is 23.7 Å². The molecular weight excluding hydrogens is 478 g/mol. The molecule has 1 aliphatic heterocycles. The molecule has 0 saturated carbocycles. The van der Waals surface area contributed by atoms with Crippen molar-refractivity contribution in [2.24, 2.45) is 0 Å². The Morgan fingerprint density at radius 1 is 1.14 bits per heavy atom. The lowest BCUT2D eigenvalue weighted by Crippen LogP contribution is -2.37. The van der Waals surface area contributed by atoms with Crippen LogP contribution in [0.4, 0.5) is 0 Å². The number of phenolic OH excluding ortho intramolecular Hbond substituents is 2. The molecule has 1 atom stereocenters. The van der Waals surface area contributed by atoms with Crippen molar-refractivity contribution in [2.75, 3.05) is 26.8 Å². The zero-order chi connectivity index (χ0) is 25.8. The molecule has 3 aromatic carbocycles. The molecule has 3 aromatic rings. The second-order valence-electron chi connectivity index (χ2n) is 9.29. The summed E-state index contributed by atoms with van der Waals surface area (Å²) in [7, 11) is 1.62. The highest BCUT2D eigenvalue weighted by Gasteiger charge is 2.33. The van der Waals surface area contributed by atoms with Crippen molar-refractivity contribution in [3.05, 3.63) is 81.4 Å². The van der Waals surface area contributed by atoms with E-state index in [0.29, 0.717) is 48.1 Å². The number of aromatic hydroxyl groups is 2. The maximum absolute atomic E-state index is 11.8. The third-order valence-electron chi connectivity index (χ3n) is 6.59. The first kappa shape index (κ1) is 25.9. The van der Waals surface area contributed by atoms with Gasteiger partial charge in [0.2, 0.25) is 0 Å². The van der Waals surface area contributed by atoms with Crippen LogP contribution >= 0.6 is 11.6 Å². The molecule has 1 unspecified atom stereocenters. The summed E-state index contributed by atoms with van der Waals surface area (Å²) in [6.07, 6.45) is 1.81. The number of fused-ring (bicyclic) bond motifs is 1. The van der Waals surface area contributed by atoms with Crippen LogP contribution in [-0.4, -0.2) is 47.7 Å². The van der Waals surface area contributed by atoms with Crippen LogP contribution in [0.5, 0.6) is 23.0 Å².